The predicted molar refractivity (Wildman–Crippen MR) is 80.4 cm³/mol. The number of rotatable bonds is 5. The Morgan fingerprint density at radius 3 is 2.32 bits per heavy atom. The molecule has 1 unspecified atom stereocenters. The first kappa shape index (κ1) is 14.5. The lowest BCUT2D eigenvalue weighted by Crippen LogP contribution is -2.25. The summed E-state index contributed by atoms with van der Waals surface area (Å²) in [5, 5.41) is 3.37. The molecule has 1 fully saturated rings. The van der Waals surface area contributed by atoms with E-state index in [4.69, 9.17) is 4.74 Å². The van der Waals surface area contributed by atoms with Crippen LogP contribution in [0.15, 0.2) is 24.3 Å². The molecule has 1 aliphatic carbocycles. The average Bonchev–Trinajstić information content (AvgIpc) is 2.70. The van der Waals surface area contributed by atoms with Gasteiger partial charge in [0, 0.05) is 0 Å². The van der Waals surface area contributed by atoms with Gasteiger partial charge in [0.2, 0.25) is 0 Å². The maximum Gasteiger partial charge on any atom is 0.0665 e. The fourth-order valence-electron chi connectivity index (χ4n) is 2.79. The van der Waals surface area contributed by atoms with Crippen molar-refractivity contribution in [1.29, 1.82) is 0 Å². The molecule has 0 aromatic heterocycles. The van der Waals surface area contributed by atoms with Crippen LogP contribution in [0.4, 0.5) is 0 Å². The van der Waals surface area contributed by atoms with E-state index >= 15 is 0 Å². The summed E-state index contributed by atoms with van der Waals surface area (Å²) in [6.07, 6.45) is 8.39. The smallest absolute Gasteiger partial charge is 0.0665 e. The Morgan fingerprint density at radius 2 is 1.74 bits per heavy atom. The molecule has 19 heavy (non-hydrogen) atoms. The van der Waals surface area contributed by atoms with E-state index in [0.717, 1.165) is 6.61 Å². The maximum atomic E-state index is 6.14. The second-order valence-corrected chi connectivity index (χ2v) is 5.70. The second kappa shape index (κ2) is 7.66. The highest BCUT2D eigenvalue weighted by Gasteiger charge is 2.15. The van der Waals surface area contributed by atoms with Crippen molar-refractivity contribution in [1.82, 2.24) is 5.32 Å². The van der Waals surface area contributed by atoms with Crippen LogP contribution in [-0.4, -0.2) is 19.8 Å². The lowest BCUT2D eigenvalue weighted by Gasteiger charge is -2.21. The molecule has 0 aliphatic heterocycles. The molecule has 0 bridgehead atoms. The highest BCUT2D eigenvalue weighted by Crippen LogP contribution is 2.22. The highest BCUT2D eigenvalue weighted by molar-refractivity contribution is 5.24. The van der Waals surface area contributed by atoms with Crippen molar-refractivity contribution >= 4 is 0 Å². The Balaban J connectivity index is 1.86. The number of ether oxygens (including phenoxy) is 1. The Kier molecular flexibility index (Phi) is 5.87. The van der Waals surface area contributed by atoms with Crippen LogP contribution in [0.25, 0.3) is 0 Å². The summed E-state index contributed by atoms with van der Waals surface area (Å²) in [6, 6.07) is 9.06. The lowest BCUT2D eigenvalue weighted by molar-refractivity contribution is 0.0300. The first-order valence-electron chi connectivity index (χ1n) is 7.65. The number of hydrogen-bond donors (Lipinski definition) is 1. The monoisotopic (exact) mass is 261 g/mol. The Hall–Kier alpha value is -0.860. The third kappa shape index (κ3) is 4.63. The van der Waals surface area contributed by atoms with E-state index in [1.54, 1.807) is 0 Å². The predicted octanol–water partition coefficient (Wildman–Crippen LogP) is 3.99. The molecule has 1 aromatic carbocycles. The molecule has 106 valence electrons. The molecule has 0 spiro atoms. The van der Waals surface area contributed by atoms with Gasteiger partial charge in [-0.2, -0.15) is 0 Å². The van der Waals surface area contributed by atoms with E-state index in [9.17, 15) is 0 Å². The molecule has 1 atom stereocenters. The number of aryl methyl sites for hydroxylation is 1. The van der Waals surface area contributed by atoms with Crippen molar-refractivity contribution in [2.45, 2.75) is 57.6 Å². The van der Waals surface area contributed by atoms with E-state index in [1.165, 1.54) is 49.7 Å². The zero-order valence-electron chi connectivity index (χ0n) is 12.3. The van der Waals surface area contributed by atoms with Crippen LogP contribution >= 0.6 is 0 Å². The summed E-state index contributed by atoms with van der Waals surface area (Å²) in [5.74, 6) is 0. The topological polar surface area (TPSA) is 21.3 Å². The van der Waals surface area contributed by atoms with Crippen molar-refractivity contribution in [3.8, 4) is 0 Å². The van der Waals surface area contributed by atoms with Gasteiger partial charge in [-0.1, -0.05) is 55.5 Å². The maximum absolute atomic E-state index is 6.14. The average molecular weight is 261 g/mol. The zero-order chi connectivity index (χ0) is 13.5. The summed E-state index contributed by atoms with van der Waals surface area (Å²) >= 11 is 0. The standard InChI is InChI=1S/C17H27NO/c1-14-9-11-15(12-10-14)17(18-2)13-19-16-7-5-3-4-6-8-16/h9-12,16-18H,3-8,13H2,1-2H3. The van der Waals surface area contributed by atoms with Gasteiger partial charge in [0.1, 0.15) is 0 Å². The van der Waals surface area contributed by atoms with Gasteiger partial charge in [-0.15, -0.1) is 0 Å². The normalized spacial score (nSPS) is 19.1. The van der Waals surface area contributed by atoms with Crippen molar-refractivity contribution in [2.24, 2.45) is 0 Å². The minimum absolute atomic E-state index is 0.309. The van der Waals surface area contributed by atoms with Crippen molar-refractivity contribution in [2.75, 3.05) is 13.7 Å². The van der Waals surface area contributed by atoms with Gasteiger partial charge in [0.15, 0.2) is 0 Å². The number of benzene rings is 1. The van der Waals surface area contributed by atoms with Gasteiger partial charge in [0.25, 0.3) is 0 Å². The Morgan fingerprint density at radius 1 is 1.11 bits per heavy atom. The third-order valence-electron chi connectivity index (χ3n) is 4.13. The van der Waals surface area contributed by atoms with Gasteiger partial charge < -0.3 is 10.1 Å². The number of nitrogens with one attached hydrogen (secondary N) is 1. The molecular formula is C17H27NO. The van der Waals surface area contributed by atoms with Crippen molar-refractivity contribution in [3.63, 3.8) is 0 Å². The van der Waals surface area contributed by atoms with Gasteiger partial charge in [0.05, 0.1) is 18.8 Å². The molecule has 1 N–H and O–H groups in total. The van der Waals surface area contributed by atoms with Crippen LogP contribution < -0.4 is 5.32 Å². The van der Waals surface area contributed by atoms with Gasteiger partial charge in [-0.05, 0) is 32.4 Å². The SMILES string of the molecule is CNC(COC1CCCCCC1)c1ccc(C)cc1. The van der Waals surface area contributed by atoms with Crippen molar-refractivity contribution in [3.05, 3.63) is 35.4 Å². The fourth-order valence-corrected chi connectivity index (χ4v) is 2.79. The molecule has 0 saturated heterocycles. The molecule has 2 heteroatoms. The number of hydrogen-bond acceptors (Lipinski definition) is 2. The van der Waals surface area contributed by atoms with Gasteiger partial charge in [-0.25, -0.2) is 0 Å². The van der Waals surface area contributed by atoms with Gasteiger partial charge in [-0.3, -0.25) is 0 Å². The third-order valence-corrected chi connectivity index (χ3v) is 4.13. The van der Waals surface area contributed by atoms with Crippen LogP contribution in [0.1, 0.15) is 55.7 Å². The van der Waals surface area contributed by atoms with E-state index in [-0.39, 0.29) is 0 Å². The Bertz CT molecular complexity index is 352. The van der Waals surface area contributed by atoms with Crippen molar-refractivity contribution < 1.29 is 4.74 Å². The summed E-state index contributed by atoms with van der Waals surface area (Å²) in [7, 11) is 2.01. The summed E-state index contributed by atoms with van der Waals surface area (Å²) < 4.78 is 6.14. The highest BCUT2D eigenvalue weighted by atomic mass is 16.5. The van der Waals surface area contributed by atoms with E-state index in [0.29, 0.717) is 12.1 Å². The van der Waals surface area contributed by atoms with E-state index in [1.807, 2.05) is 7.05 Å². The van der Waals surface area contributed by atoms with Crippen LogP contribution in [0.5, 0.6) is 0 Å². The molecule has 0 radical (unpaired) electrons. The summed E-state index contributed by atoms with van der Waals surface area (Å²) in [4.78, 5) is 0. The molecule has 0 amide bonds. The number of likely N-dealkylation sites (N-methyl/N-ethyl adjacent to an activating group) is 1. The van der Waals surface area contributed by atoms with E-state index in [2.05, 4.69) is 36.5 Å². The molecule has 1 saturated carbocycles. The van der Waals surface area contributed by atoms with Crippen LogP contribution in [0.2, 0.25) is 0 Å². The minimum Gasteiger partial charge on any atom is -0.376 e. The molecule has 2 nitrogen and oxygen atoms in total. The summed E-state index contributed by atoms with van der Waals surface area (Å²) in [6.45, 7) is 2.91. The van der Waals surface area contributed by atoms with E-state index < -0.39 is 0 Å². The Labute approximate surface area is 117 Å². The minimum atomic E-state index is 0.309. The molecule has 0 heterocycles. The molecule has 2 rings (SSSR count). The quantitative estimate of drug-likeness (QED) is 0.809. The molecular weight excluding hydrogens is 234 g/mol. The first-order chi connectivity index (χ1) is 9.29. The summed E-state index contributed by atoms with van der Waals surface area (Å²) in [5.41, 5.74) is 2.63. The molecule has 1 aliphatic rings. The largest absolute Gasteiger partial charge is 0.376 e. The van der Waals surface area contributed by atoms with Crippen LogP contribution in [0, 0.1) is 6.92 Å². The first-order valence-corrected chi connectivity index (χ1v) is 7.65. The van der Waals surface area contributed by atoms with Crippen LogP contribution in [0.3, 0.4) is 0 Å². The lowest BCUT2D eigenvalue weighted by atomic mass is 10.1. The second-order valence-electron chi connectivity index (χ2n) is 5.70. The molecule has 1 aromatic rings. The zero-order valence-corrected chi connectivity index (χ0v) is 12.3. The van der Waals surface area contributed by atoms with Crippen LogP contribution in [-0.2, 0) is 4.74 Å². The van der Waals surface area contributed by atoms with Gasteiger partial charge >= 0.3 is 0 Å². The fraction of sp³-hybridized carbons (Fsp3) is 0.647.